The van der Waals surface area contributed by atoms with Crippen LogP contribution in [0.3, 0.4) is 0 Å². The minimum atomic E-state index is 0.784. The molecule has 0 aliphatic heterocycles. The summed E-state index contributed by atoms with van der Waals surface area (Å²) in [4.78, 5) is 7.49. The Hall–Kier alpha value is -1.14. The van der Waals surface area contributed by atoms with Crippen LogP contribution in [0.4, 0.5) is 0 Å². The molecule has 1 aliphatic carbocycles. The lowest BCUT2D eigenvalue weighted by Crippen LogP contribution is -2.08. The van der Waals surface area contributed by atoms with Crippen LogP contribution in [-0.4, -0.2) is 25.3 Å². The van der Waals surface area contributed by atoms with Crippen molar-refractivity contribution >= 4 is 39.0 Å². The molecular weight excluding hydrogens is 300 g/mol. The van der Waals surface area contributed by atoms with Gasteiger partial charge < -0.3 is 0 Å². The molecule has 1 unspecified atom stereocenters. The molecule has 0 radical (unpaired) electrons. The molecule has 3 aromatic heterocycles. The summed E-state index contributed by atoms with van der Waals surface area (Å²) in [5.74, 6) is 2.77. The van der Waals surface area contributed by atoms with Crippen molar-refractivity contribution in [1.82, 2.24) is 19.6 Å². The van der Waals surface area contributed by atoms with Crippen molar-refractivity contribution in [2.24, 2.45) is 5.92 Å². The Labute approximate surface area is 132 Å². The van der Waals surface area contributed by atoms with Gasteiger partial charge in [-0.05, 0) is 43.4 Å². The van der Waals surface area contributed by atoms with Crippen LogP contribution in [0, 0.1) is 12.8 Å². The first kappa shape index (κ1) is 13.5. The molecule has 0 saturated carbocycles. The molecule has 1 aliphatic rings. The van der Waals surface area contributed by atoms with Gasteiger partial charge in [0.2, 0.25) is 0 Å². The van der Waals surface area contributed by atoms with Gasteiger partial charge >= 0.3 is 0 Å². The Balaban J connectivity index is 2.04. The maximum Gasteiger partial charge on any atom is 0.197 e. The smallest absolute Gasteiger partial charge is 0.197 e. The predicted molar refractivity (Wildman–Crippen MR) is 88.5 cm³/mol. The summed E-state index contributed by atoms with van der Waals surface area (Å²) in [6, 6.07) is 0. The molecule has 6 heteroatoms. The van der Waals surface area contributed by atoms with E-state index in [4.69, 9.17) is 4.98 Å². The zero-order chi connectivity index (χ0) is 14.6. The highest BCUT2D eigenvalue weighted by molar-refractivity contribution is 7.99. The van der Waals surface area contributed by atoms with E-state index in [-0.39, 0.29) is 0 Å². The number of thioether (sulfide) groups is 1. The fraction of sp³-hybridized carbons (Fsp3) is 0.533. The minimum absolute atomic E-state index is 0.784. The summed E-state index contributed by atoms with van der Waals surface area (Å²) in [6.07, 6.45) is 3.61. The molecular formula is C15H18N4S2. The number of hydrogen-bond acceptors (Lipinski definition) is 5. The number of aryl methyl sites for hydroxylation is 2. The first-order valence-electron chi connectivity index (χ1n) is 7.47. The maximum absolute atomic E-state index is 4.84. The van der Waals surface area contributed by atoms with Gasteiger partial charge in [0.15, 0.2) is 10.8 Å². The fourth-order valence-corrected chi connectivity index (χ4v) is 5.32. The first-order chi connectivity index (χ1) is 10.2. The highest BCUT2D eigenvalue weighted by atomic mass is 32.2. The van der Waals surface area contributed by atoms with Crippen molar-refractivity contribution in [2.75, 3.05) is 5.75 Å². The Bertz CT molecular complexity index is 833. The van der Waals surface area contributed by atoms with Crippen molar-refractivity contribution < 1.29 is 0 Å². The Kier molecular flexibility index (Phi) is 3.19. The van der Waals surface area contributed by atoms with E-state index in [2.05, 4.69) is 35.4 Å². The molecule has 3 heterocycles. The van der Waals surface area contributed by atoms with Crippen LogP contribution >= 0.6 is 23.1 Å². The van der Waals surface area contributed by atoms with Crippen LogP contribution in [0.15, 0.2) is 5.16 Å². The van der Waals surface area contributed by atoms with Gasteiger partial charge in [-0.2, -0.15) is 0 Å². The van der Waals surface area contributed by atoms with Gasteiger partial charge in [0.1, 0.15) is 10.7 Å². The van der Waals surface area contributed by atoms with Gasteiger partial charge in [-0.1, -0.05) is 25.6 Å². The molecule has 0 bridgehead atoms. The number of fused-ring (bicyclic) bond motifs is 5. The van der Waals surface area contributed by atoms with Crippen molar-refractivity contribution in [3.8, 4) is 0 Å². The van der Waals surface area contributed by atoms with Crippen LogP contribution in [-0.2, 0) is 12.8 Å². The van der Waals surface area contributed by atoms with Gasteiger partial charge in [-0.3, -0.25) is 4.40 Å². The third-order valence-electron chi connectivity index (χ3n) is 4.21. The standard InChI is InChI=1S/C15H18N4S2/c1-4-20-15-18-17-13-12-10-6-5-8(2)7-11(10)21-14(12)16-9(3)19(13)15/h8H,4-7H2,1-3H3. The lowest BCUT2D eigenvalue weighted by atomic mass is 9.89. The van der Waals surface area contributed by atoms with E-state index in [1.54, 1.807) is 11.8 Å². The number of rotatable bonds is 2. The summed E-state index contributed by atoms with van der Waals surface area (Å²) in [5.41, 5.74) is 2.48. The van der Waals surface area contributed by atoms with Gasteiger partial charge in [-0.25, -0.2) is 4.98 Å². The van der Waals surface area contributed by atoms with Crippen molar-refractivity contribution in [2.45, 2.75) is 45.2 Å². The average molecular weight is 318 g/mol. The van der Waals surface area contributed by atoms with E-state index in [0.717, 1.165) is 39.5 Å². The first-order valence-corrected chi connectivity index (χ1v) is 9.28. The van der Waals surface area contributed by atoms with Crippen LogP contribution in [0.2, 0.25) is 0 Å². The summed E-state index contributed by atoms with van der Waals surface area (Å²) in [6.45, 7) is 6.53. The van der Waals surface area contributed by atoms with Crippen LogP contribution < -0.4 is 0 Å². The van der Waals surface area contributed by atoms with E-state index in [0.29, 0.717) is 0 Å². The molecule has 0 amide bonds. The van der Waals surface area contributed by atoms with E-state index in [1.165, 1.54) is 28.7 Å². The third-order valence-corrected chi connectivity index (χ3v) is 6.17. The molecule has 0 fully saturated rings. The number of aromatic nitrogens is 4. The van der Waals surface area contributed by atoms with E-state index < -0.39 is 0 Å². The second-order valence-electron chi connectivity index (χ2n) is 5.77. The molecule has 21 heavy (non-hydrogen) atoms. The van der Waals surface area contributed by atoms with Crippen LogP contribution in [0.25, 0.3) is 15.9 Å². The summed E-state index contributed by atoms with van der Waals surface area (Å²) in [5, 5.41) is 11.1. The zero-order valence-corrected chi connectivity index (χ0v) is 14.1. The zero-order valence-electron chi connectivity index (χ0n) is 12.5. The maximum atomic E-state index is 4.84. The molecule has 0 aromatic carbocycles. The summed E-state index contributed by atoms with van der Waals surface area (Å²) in [7, 11) is 0. The topological polar surface area (TPSA) is 43.1 Å². The van der Waals surface area contributed by atoms with E-state index in [9.17, 15) is 0 Å². The third kappa shape index (κ3) is 1.99. The molecule has 0 N–H and O–H groups in total. The second kappa shape index (κ2) is 4.95. The Morgan fingerprint density at radius 1 is 1.38 bits per heavy atom. The molecule has 4 nitrogen and oxygen atoms in total. The SMILES string of the molecule is CCSc1nnc2c3c4c(sc3nc(C)n12)CC(C)CC4. The van der Waals surface area contributed by atoms with Crippen molar-refractivity contribution in [3.63, 3.8) is 0 Å². The number of nitrogens with zero attached hydrogens (tertiary/aromatic N) is 4. The van der Waals surface area contributed by atoms with Gasteiger partial charge in [0, 0.05) is 4.88 Å². The lowest BCUT2D eigenvalue weighted by molar-refractivity contribution is 0.509. The molecule has 0 spiro atoms. The molecule has 0 saturated heterocycles. The molecule has 1 atom stereocenters. The van der Waals surface area contributed by atoms with Gasteiger partial charge in [0.25, 0.3) is 0 Å². The van der Waals surface area contributed by atoms with Gasteiger partial charge in [-0.15, -0.1) is 21.5 Å². The summed E-state index contributed by atoms with van der Waals surface area (Å²) >= 11 is 3.58. The van der Waals surface area contributed by atoms with E-state index >= 15 is 0 Å². The Morgan fingerprint density at radius 2 is 2.24 bits per heavy atom. The van der Waals surface area contributed by atoms with E-state index in [1.807, 2.05) is 11.3 Å². The van der Waals surface area contributed by atoms with Crippen LogP contribution in [0.5, 0.6) is 0 Å². The largest absolute Gasteiger partial charge is 0.257 e. The van der Waals surface area contributed by atoms with Crippen LogP contribution in [0.1, 0.15) is 36.5 Å². The lowest BCUT2D eigenvalue weighted by Gasteiger charge is -2.17. The van der Waals surface area contributed by atoms with Crippen molar-refractivity contribution in [3.05, 3.63) is 16.3 Å². The molecule has 3 aromatic rings. The fourth-order valence-electron chi connectivity index (χ4n) is 3.19. The van der Waals surface area contributed by atoms with Gasteiger partial charge in [0.05, 0.1) is 5.39 Å². The average Bonchev–Trinajstić information content (AvgIpc) is 3.00. The minimum Gasteiger partial charge on any atom is -0.257 e. The summed E-state index contributed by atoms with van der Waals surface area (Å²) < 4.78 is 2.13. The highest BCUT2D eigenvalue weighted by Gasteiger charge is 2.24. The predicted octanol–water partition coefficient (Wildman–Crippen LogP) is 3.88. The monoisotopic (exact) mass is 318 g/mol. The second-order valence-corrected chi connectivity index (χ2v) is 8.08. The Morgan fingerprint density at radius 3 is 3.05 bits per heavy atom. The van der Waals surface area contributed by atoms with Crippen molar-refractivity contribution in [1.29, 1.82) is 0 Å². The molecule has 110 valence electrons. The quantitative estimate of drug-likeness (QED) is 0.672. The number of hydrogen-bond donors (Lipinski definition) is 0. The molecule has 4 rings (SSSR count). The normalized spacial score (nSPS) is 18.5. The highest BCUT2D eigenvalue weighted by Crippen LogP contribution is 2.39. The number of thiophene rings is 1.